The maximum Gasteiger partial charge on any atom is 0.336 e. The van der Waals surface area contributed by atoms with E-state index in [2.05, 4.69) is 5.32 Å². The van der Waals surface area contributed by atoms with Crippen LogP contribution in [0, 0.1) is 6.92 Å². The minimum Gasteiger partial charge on any atom is -0.548 e. The van der Waals surface area contributed by atoms with Crippen molar-refractivity contribution in [1.82, 2.24) is 5.32 Å². The van der Waals surface area contributed by atoms with Gasteiger partial charge in [0.25, 0.3) is 0 Å². The van der Waals surface area contributed by atoms with Crippen LogP contribution in [0.1, 0.15) is 22.7 Å². The van der Waals surface area contributed by atoms with Gasteiger partial charge in [-0.3, -0.25) is 4.79 Å². The monoisotopic (exact) mass is 366 g/mol. The number of hydrogen-bond donors (Lipinski definition) is 2. The van der Waals surface area contributed by atoms with E-state index >= 15 is 0 Å². The summed E-state index contributed by atoms with van der Waals surface area (Å²) < 4.78 is 5.13. The molecule has 0 bridgehead atoms. The molecule has 7 nitrogen and oxygen atoms in total. The number of benzene rings is 2. The van der Waals surface area contributed by atoms with Crippen LogP contribution in [0.3, 0.4) is 0 Å². The molecule has 2 N–H and O–H groups in total. The van der Waals surface area contributed by atoms with Crippen LogP contribution in [0.25, 0.3) is 11.0 Å². The summed E-state index contributed by atoms with van der Waals surface area (Å²) in [6.07, 6.45) is -0.233. The molecule has 7 heteroatoms. The number of aromatic hydroxyl groups is 1. The molecule has 0 radical (unpaired) electrons. The summed E-state index contributed by atoms with van der Waals surface area (Å²) >= 11 is 0. The van der Waals surface area contributed by atoms with Crippen LogP contribution < -0.4 is 16.0 Å². The fourth-order valence-corrected chi connectivity index (χ4v) is 2.87. The highest BCUT2D eigenvalue weighted by Crippen LogP contribution is 2.27. The number of carbonyl (C=O) groups is 2. The Morgan fingerprint density at radius 2 is 1.89 bits per heavy atom. The number of carboxylic acids is 1. The quantitative estimate of drug-likeness (QED) is 0.649. The second kappa shape index (κ2) is 7.33. The SMILES string of the molecule is Cc1c(O)ccc2c(CC(=O)N[C@H](C(=O)[O-])c3ccccc3)cc(=O)oc12. The Morgan fingerprint density at radius 1 is 1.19 bits per heavy atom. The van der Waals surface area contributed by atoms with Gasteiger partial charge in [-0.15, -0.1) is 0 Å². The fraction of sp³-hybridized carbons (Fsp3) is 0.150. The minimum atomic E-state index is -1.44. The van der Waals surface area contributed by atoms with E-state index in [1.165, 1.54) is 18.2 Å². The zero-order valence-corrected chi connectivity index (χ0v) is 14.4. The highest BCUT2D eigenvalue weighted by atomic mass is 16.4. The first kappa shape index (κ1) is 18.2. The lowest BCUT2D eigenvalue weighted by Crippen LogP contribution is -2.41. The van der Waals surface area contributed by atoms with Crippen LogP contribution in [0.2, 0.25) is 0 Å². The average Bonchev–Trinajstić information content (AvgIpc) is 2.63. The highest BCUT2D eigenvalue weighted by molar-refractivity contribution is 5.91. The van der Waals surface area contributed by atoms with Crippen molar-refractivity contribution in [3.05, 3.63) is 75.6 Å². The molecule has 1 aromatic heterocycles. The number of phenolic OH excluding ortho intramolecular Hbond substituents is 1. The number of phenols is 1. The molecule has 0 saturated heterocycles. The largest absolute Gasteiger partial charge is 0.548 e. The Hall–Kier alpha value is -3.61. The van der Waals surface area contributed by atoms with Crippen molar-refractivity contribution in [1.29, 1.82) is 0 Å². The Bertz CT molecular complexity index is 1070. The lowest BCUT2D eigenvalue weighted by Gasteiger charge is -2.20. The number of hydrogen-bond acceptors (Lipinski definition) is 6. The Morgan fingerprint density at radius 3 is 2.56 bits per heavy atom. The second-order valence-electron chi connectivity index (χ2n) is 6.08. The Balaban J connectivity index is 1.91. The van der Waals surface area contributed by atoms with E-state index in [1.54, 1.807) is 37.3 Å². The number of rotatable bonds is 5. The number of nitrogens with one attached hydrogen (secondary N) is 1. The van der Waals surface area contributed by atoms with Gasteiger partial charge in [0.2, 0.25) is 5.91 Å². The van der Waals surface area contributed by atoms with Gasteiger partial charge in [0.05, 0.1) is 18.4 Å². The van der Waals surface area contributed by atoms with Crippen LogP contribution in [-0.4, -0.2) is 17.0 Å². The molecule has 0 saturated carbocycles. The average molecular weight is 366 g/mol. The van der Waals surface area contributed by atoms with Gasteiger partial charge in [0.1, 0.15) is 11.3 Å². The minimum absolute atomic E-state index is 0.0339. The standard InChI is InChI=1S/C20H17NO6/c1-11-15(22)8-7-14-13(10-17(24)27-19(11)14)9-16(23)21-18(20(25)26)12-5-3-2-4-6-12/h2-8,10,18,22H,9H2,1H3,(H,21,23)(H,25,26)/p-1/t18-/m0/s1. The molecule has 0 aliphatic carbocycles. The van der Waals surface area contributed by atoms with Crippen LogP contribution in [0.4, 0.5) is 0 Å². The summed E-state index contributed by atoms with van der Waals surface area (Å²) in [5.74, 6) is -2.06. The third kappa shape index (κ3) is 3.82. The molecule has 0 fully saturated rings. The van der Waals surface area contributed by atoms with Crippen LogP contribution in [0.5, 0.6) is 5.75 Å². The lowest BCUT2D eigenvalue weighted by molar-refractivity contribution is -0.308. The first-order valence-corrected chi connectivity index (χ1v) is 8.17. The molecule has 0 unspecified atom stereocenters. The van der Waals surface area contributed by atoms with Gasteiger partial charge in [-0.1, -0.05) is 30.3 Å². The van der Waals surface area contributed by atoms with Gasteiger partial charge in [-0.25, -0.2) is 4.79 Å². The van der Waals surface area contributed by atoms with Crippen LogP contribution >= 0.6 is 0 Å². The van der Waals surface area contributed by atoms with Crippen LogP contribution in [0.15, 0.2) is 57.7 Å². The Kier molecular flexibility index (Phi) is 4.94. The topological polar surface area (TPSA) is 120 Å². The summed E-state index contributed by atoms with van der Waals surface area (Å²) in [7, 11) is 0. The van der Waals surface area contributed by atoms with E-state index in [0.717, 1.165) is 0 Å². The molecule has 0 aliphatic heterocycles. The molecule has 3 aromatic rings. The third-order valence-electron chi connectivity index (χ3n) is 4.24. The number of fused-ring (bicyclic) bond motifs is 1. The van der Waals surface area contributed by atoms with Crippen molar-refractivity contribution in [2.45, 2.75) is 19.4 Å². The second-order valence-corrected chi connectivity index (χ2v) is 6.08. The van der Waals surface area contributed by atoms with Crippen molar-refractivity contribution in [3.8, 4) is 5.75 Å². The molecule has 138 valence electrons. The van der Waals surface area contributed by atoms with E-state index in [1.807, 2.05) is 0 Å². The van der Waals surface area contributed by atoms with Gasteiger partial charge in [0, 0.05) is 17.0 Å². The van der Waals surface area contributed by atoms with E-state index < -0.39 is 23.5 Å². The summed E-state index contributed by atoms with van der Waals surface area (Å²) in [6.45, 7) is 1.59. The normalized spacial score (nSPS) is 11.9. The van der Waals surface area contributed by atoms with Gasteiger partial charge >= 0.3 is 5.63 Å². The van der Waals surface area contributed by atoms with Crippen molar-refractivity contribution in [3.63, 3.8) is 0 Å². The Labute approximate surface area is 153 Å². The molecular weight excluding hydrogens is 350 g/mol. The molecule has 0 aliphatic rings. The van der Waals surface area contributed by atoms with Crippen molar-refractivity contribution in [2.24, 2.45) is 0 Å². The molecule has 3 rings (SSSR count). The smallest absolute Gasteiger partial charge is 0.336 e. The summed E-state index contributed by atoms with van der Waals surface area (Å²) in [6, 6.07) is 11.0. The number of aryl methyl sites for hydroxylation is 1. The van der Waals surface area contributed by atoms with Gasteiger partial charge in [-0.05, 0) is 30.2 Å². The zero-order chi connectivity index (χ0) is 19.6. The molecule has 2 aromatic carbocycles. The molecule has 0 spiro atoms. The summed E-state index contributed by atoms with van der Waals surface area (Å²) in [4.78, 5) is 35.7. The summed E-state index contributed by atoms with van der Waals surface area (Å²) in [5, 5.41) is 24.1. The molecule has 1 amide bonds. The fourth-order valence-electron chi connectivity index (χ4n) is 2.87. The van der Waals surface area contributed by atoms with E-state index in [4.69, 9.17) is 4.42 Å². The highest BCUT2D eigenvalue weighted by Gasteiger charge is 2.18. The number of aliphatic carboxylic acids is 1. The van der Waals surface area contributed by atoms with Crippen molar-refractivity contribution < 1.29 is 24.2 Å². The maximum atomic E-state index is 12.4. The van der Waals surface area contributed by atoms with Gasteiger partial charge in [0.15, 0.2) is 0 Å². The van der Waals surface area contributed by atoms with Crippen LogP contribution in [-0.2, 0) is 16.0 Å². The van der Waals surface area contributed by atoms with Gasteiger partial charge < -0.3 is 24.7 Å². The third-order valence-corrected chi connectivity index (χ3v) is 4.24. The molecule has 1 heterocycles. The first-order chi connectivity index (χ1) is 12.9. The number of carbonyl (C=O) groups excluding carboxylic acids is 2. The number of carboxylic acid groups (broad SMARTS) is 1. The maximum absolute atomic E-state index is 12.4. The summed E-state index contributed by atoms with van der Waals surface area (Å²) in [5.41, 5.74) is 0.642. The molecular formula is C20H16NO6-. The lowest BCUT2D eigenvalue weighted by atomic mass is 10.0. The number of amides is 1. The molecule has 27 heavy (non-hydrogen) atoms. The zero-order valence-electron chi connectivity index (χ0n) is 14.4. The van der Waals surface area contributed by atoms with Crippen molar-refractivity contribution >= 4 is 22.8 Å². The van der Waals surface area contributed by atoms with Gasteiger partial charge in [-0.2, -0.15) is 0 Å². The van der Waals surface area contributed by atoms with E-state index in [0.29, 0.717) is 22.1 Å². The predicted octanol–water partition coefficient (Wildman–Crippen LogP) is 0.957. The van der Waals surface area contributed by atoms with E-state index in [-0.39, 0.29) is 17.8 Å². The van der Waals surface area contributed by atoms with E-state index in [9.17, 15) is 24.6 Å². The van der Waals surface area contributed by atoms with Crippen molar-refractivity contribution in [2.75, 3.05) is 0 Å². The molecule has 1 atom stereocenters. The predicted molar refractivity (Wildman–Crippen MR) is 94.9 cm³/mol. The first-order valence-electron chi connectivity index (χ1n) is 8.17.